The molecule has 0 unspecified atom stereocenters. The number of aliphatic hydroxyl groups is 3. The zero-order valence-electron chi connectivity index (χ0n) is 8.93. The molecule has 0 bridgehead atoms. The minimum absolute atomic E-state index is 0.155. The van der Waals surface area contributed by atoms with Gasteiger partial charge in [-0.2, -0.15) is 0 Å². The summed E-state index contributed by atoms with van der Waals surface area (Å²) in [6.45, 7) is -0.744. The molecule has 0 aliphatic heterocycles. The number of aliphatic hydroxyl groups excluding tert-OH is 3. The van der Waals surface area contributed by atoms with Crippen molar-refractivity contribution < 1.29 is 20.4 Å². The van der Waals surface area contributed by atoms with Crippen molar-refractivity contribution in [3.8, 4) is 5.75 Å². The summed E-state index contributed by atoms with van der Waals surface area (Å²) < 4.78 is 0. The highest BCUT2D eigenvalue weighted by atomic mass is 16.3. The van der Waals surface area contributed by atoms with Gasteiger partial charge in [0.15, 0.2) is 0 Å². The van der Waals surface area contributed by atoms with Gasteiger partial charge in [0.25, 0.3) is 0 Å². The van der Waals surface area contributed by atoms with E-state index in [1.54, 1.807) is 24.3 Å². The molecule has 0 aliphatic rings. The zero-order chi connectivity index (χ0) is 12.0. The third kappa shape index (κ3) is 3.18. The van der Waals surface area contributed by atoms with Crippen LogP contribution in [0.4, 0.5) is 0 Å². The smallest absolute Gasteiger partial charge is 0.115 e. The Bertz CT molecular complexity index is 317. The summed E-state index contributed by atoms with van der Waals surface area (Å²) in [5, 5.41) is 39.3. The van der Waals surface area contributed by atoms with Crippen LogP contribution in [0.1, 0.15) is 5.56 Å². The first-order chi connectivity index (χ1) is 7.65. The number of phenolic OH excluding ortho intramolecular Hbond substituents is 1. The van der Waals surface area contributed by atoms with Crippen LogP contribution < -0.4 is 5.32 Å². The second kappa shape index (κ2) is 5.81. The molecule has 0 aliphatic carbocycles. The van der Waals surface area contributed by atoms with Crippen molar-refractivity contribution in [3.63, 3.8) is 0 Å². The van der Waals surface area contributed by atoms with Crippen LogP contribution in [0.3, 0.4) is 0 Å². The zero-order valence-corrected chi connectivity index (χ0v) is 8.93. The average molecular weight is 227 g/mol. The predicted octanol–water partition coefficient (Wildman–Crippen LogP) is -0.803. The Balaban J connectivity index is 2.62. The van der Waals surface area contributed by atoms with Gasteiger partial charge in [-0.25, -0.2) is 0 Å². The number of nitrogens with one attached hydrogen (secondary N) is 1. The van der Waals surface area contributed by atoms with E-state index in [2.05, 4.69) is 5.32 Å². The number of hydrogen-bond donors (Lipinski definition) is 5. The lowest BCUT2D eigenvalue weighted by Crippen LogP contribution is -2.54. The van der Waals surface area contributed by atoms with Crippen LogP contribution in [0, 0.1) is 0 Å². The van der Waals surface area contributed by atoms with E-state index in [0.29, 0.717) is 6.54 Å². The van der Waals surface area contributed by atoms with Gasteiger partial charge in [-0.05, 0) is 17.7 Å². The summed E-state index contributed by atoms with van der Waals surface area (Å²) >= 11 is 0. The molecule has 0 amide bonds. The van der Waals surface area contributed by atoms with Gasteiger partial charge in [-0.3, -0.25) is 0 Å². The molecule has 0 radical (unpaired) electrons. The lowest BCUT2D eigenvalue weighted by molar-refractivity contribution is 0.0414. The Morgan fingerprint density at radius 2 is 1.69 bits per heavy atom. The number of aromatic hydroxyl groups is 1. The minimum atomic E-state index is -1.09. The molecule has 5 nitrogen and oxygen atoms in total. The summed E-state index contributed by atoms with van der Waals surface area (Å²) in [6.07, 6.45) is 0. The Kier molecular flexibility index (Phi) is 4.70. The third-order valence-electron chi connectivity index (χ3n) is 2.49. The molecule has 16 heavy (non-hydrogen) atoms. The lowest BCUT2D eigenvalue weighted by Gasteiger charge is -2.28. The van der Waals surface area contributed by atoms with Crippen LogP contribution in [0.25, 0.3) is 0 Å². The molecule has 90 valence electrons. The standard InChI is InChI=1S/C11H17NO4/c13-6-11(7-14,8-15)12-5-9-2-1-3-10(16)4-9/h1-4,12-16H,5-8H2. The van der Waals surface area contributed by atoms with Crippen molar-refractivity contribution in [2.45, 2.75) is 12.1 Å². The van der Waals surface area contributed by atoms with Gasteiger partial charge in [0, 0.05) is 6.54 Å². The Morgan fingerprint density at radius 3 is 2.19 bits per heavy atom. The van der Waals surface area contributed by atoms with Crippen LogP contribution in [-0.2, 0) is 6.54 Å². The number of rotatable bonds is 6. The maximum Gasteiger partial charge on any atom is 0.115 e. The van der Waals surface area contributed by atoms with E-state index < -0.39 is 5.54 Å². The molecular weight excluding hydrogens is 210 g/mol. The van der Waals surface area contributed by atoms with E-state index in [1.807, 2.05) is 0 Å². The van der Waals surface area contributed by atoms with Gasteiger partial charge >= 0.3 is 0 Å². The number of benzene rings is 1. The van der Waals surface area contributed by atoms with E-state index in [0.717, 1.165) is 5.56 Å². The molecule has 0 spiro atoms. The van der Waals surface area contributed by atoms with Crippen molar-refractivity contribution in [3.05, 3.63) is 29.8 Å². The fourth-order valence-electron chi connectivity index (χ4n) is 1.27. The molecule has 0 fully saturated rings. The maximum absolute atomic E-state index is 9.24. The summed E-state index contributed by atoms with van der Waals surface area (Å²) in [6, 6.07) is 6.62. The highest BCUT2D eigenvalue weighted by molar-refractivity contribution is 5.27. The van der Waals surface area contributed by atoms with E-state index >= 15 is 0 Å². The fourth-order valence-corrected chi connectivity index (χ4v) is 1.27. The molecule has 0 saturated carbocycles. The quantitative estimate of drug-likeness (QED) is 0.438. The van der Waals surface area contributed by atoms with Crippen LogP contribution in [0.2, 0.25) is 0 Å². The summed E-state index contributed by atoms with van der Waals surface area (Å²) in [5.41, 5.74) is -0.287. The fraction of sp³-hybridized carbons (Fsp3) is 0.455. The molecule has 1 aromatic rings. The average Bonchev–Trinajstić information content (AvgIpc) is 2.32. The minimum Gasteiger partial charge on any atom is -0.508 e. The Labute approximate surface area is 94.0 Å². The van der Waals surface area contributed by atoms with Crippen molar-refractivity contribution >= 4 is 0 Å². The second-order valence-corrected chi connectivity index (χ2v) is 3.78. The summed E-state index contributed by atoms with van der Waals surface area (Å²) in [7, 11) is 0. The highest BCUT2D eigenvalue weighted by Crippen LogP contribution is 2.12. The number of phenols is 1. The molecular formula is C11H17NO4. The van der Waals surface area contributed by atoms with Crippen molar-refractivity contribution in [2.75, 3.05) is 19.8 Å². The van der Waals surface area contributed by atoms with Crippen LogP contribution in [0.15, 0.2) is 24.3 Å². The first-order valence-electron chi connectivity index (χ1n) is 5.01. The van der Waals surface area contributed by atoms with Gasteiger partial charge in [-0.15, -0.1) is 0 Å². The summed E-state index contributed by atoms with van der Waals surface area (Å²) in [4.78, 5) is 0. The monoisotopic (exact) mass is 227 g/mol. The number of hydrogen-bond acceptors (Lipinski definition) is 5. The lowest BCUT2D eigenvalue weighted by atomic mass is 10.0. The molecule has 5 N–H and O–H groups in total. The van der Waals surface area contributed by atoms with Gasteiger partial charge in [0.05, 0.1) is 25.4 Å². The van der Waals surface area contributed by atoms with Crippen molar-refractivity contribution in [1.82, 2.24) is 5.32 Å². The second-order valence-electron chi connectivity index (χ2n) is 3.78. The largest absolute Gasteiger partial charge is 0.508 e. The van der Waals surface area contributed by atoms with Crippen LogP contribution in [-0.4, -0.2) is 45.8 Å². The van der Waals surface area contributed by atoms with Gasteiger partial charge < -0.3 is 25.7 Å². The van der Waals surface area contributed by atoms with E-state index in [1.165, 1.54) is 0 Å². The van der Waals surface area contributed by atoms with Gasteiger partial charge in [-0.1, -0.05) is 12.1 Å². The van der Waals surface area contributed by atoms with Crippen molar-refractivity contribution in [1.29, 1.82) is 0 Å². The molecule has 1 rings (SSSR count). The van der Waals surface area contributed by atoms with Gasteiger partial charge in [0.1, 0.15) is 5.75 Å². The van der Waals surface area contributed by atoms with Gasteiger partial charge in [0.2, 0.25) is 0 Å². The molecule has 0 aromatic heterocycles. The first kappa shape index (κ1) is 12.9. The molecule has 0 saturated heterocycles. The van der Waals surface area contributed by atoms with E-state index in [4.69, 9.17) is 15.3 Å². The normalized spacial score (nSPS) is 11.7. The van der Waals surface area contributed by atoms with E-state index in [9.17, 15) is 5.11 Å². The van der Waals surface area contributed by atoms with E-state index in [-0.39, 0.29) is 25.6 Å². The first-order valence-corrected chi connectivity index (χ1v) is 5.01. The molecule has 0 heterocycles. The highest BCUT2D eigenvalue weighted by Gasteiger charge is 2.26. The van der Waals surface area contributed by atoms with Crippen LogP contribution >= 0.6 is 0 Å². The Morgan fingerprint density at radius 1 is 1.06 bits per heavy atom. The molecule has 0 atom stereocenters. The predicted molar refractivity (Wildman–Crippen MR) is 58.9 cm³/mol. The third-order valence-corrected chi connectivity index (χ3v) is 2.49. The maximum atomic E-state index is 9.24. The molecule has 1 aromatic carbocycles. The Hall–Kier alpha value is -1.14. The summed E-state index contributed by atoms with van der Waals surface area (Å²) in [5.74, 6) is 0.155. The topological polar surface area (TPSA) is 93.0 Å². The van der Waals surface area contributed by atoms with Crippen molar-refractivity contribution in [2.24, 2.45) is 0 Å². The SMILES string of the molecule is OCC(CO)(CO)NCc1cccc(O)c1. The van der Waals surface area contributed by atoms with Crippen LogP contribution in [0.5, 0.6) is 5.75 Å². The molecule has 5 heteroatoms.